The van der Waals surface area contributed by atoms with Crippen LogP contribution in [0.3, 0.4) is 0 Å². The highest BCUT2D eigenvalue weighted by molar-refractivity contribution is 7.16. The topological polar surface area (TPSA) is 71.1 Å². The van der Waals surface area contributed by atoms with Gasteiger partial charge in [0.15, 0.2) is 5.13 Å². The van der Waals surface area contributed by atoms with Gasteiger partial charge in [-0.05, 0) is 57.4 Å². The van der Waals surface area contributed by atoms with Crippen molar-refractivity contribution in [2.45, 2.75) is 39.0 Å². The van der Waals surface area contributed by atoms with Crippen molar-refractivity contribution < 1.29 is 9.59 Å². The lowest BCUT2D eigenvalue weighted by molar-refractivity contribution is -0.117. The number of rotatable bonds is 4. The van der Waals surface area contributed by atoms with Crippen LogP contribution >= 0.6 is 11.3 Å². The quantitative estimate of drug-likeness (QED) is 0.636. The van der Waals surface area contributed by atoms with Gasteiger partial charge in [-0.1, -0.05) is 35.4 Å². The number of hydrogen-bond acceptors (Lipinski definition) is 4. The third kappa shape index (κ3) is 4.38. The molecule has 0 bridgehead atoms. The van der Waals surface area contributed by atoms with Crippen molar-refractivity contribution in [3.05, 3.63) is 75.8 Å². The minimum Gasteiger partial charge on any atom is -0.326 e. The third-order valence-electron chi connectivity index (χ3n) is 5.12. The lowest BCUT2D eigenvalue weighted by Gasteiger charge is -2.20. The van der Waals surface area contributed by atoms with Crippen LogP contribution in [0.2, 0.25) is 0 Å². The molecule has 4 rings (SSSR count). The number of benzene rings is 2. The third-order valence-corrected chi connectivity index (χ3v) is 6.17. The van der Waals surface area contributed by atoms with Gasteiger partial charge in [-0.2, -0.15) is 0 Å². The number of hydrogen-bond donors (Lipinski definition) is 2. The van der Waals surface area contributed by atoms with Crippen LogP contribution in [0.25, 0.3) is 0 Å². The number of carbonyl (C=O) groups excluding carboxylic acids is 2. The van der Waals surface area contributed by atoms with E-state index < -0.39 is 0 Å². The Morgan fingerprint density at radius 3 is 2.31 bits per heavy atom. The van der Waals surface area contributed by atoms with Crippen molar-refractivity contribution in [1.29, 1.82) is 0 Å². The molecule has 2 aromatic carbocycles. The average Bonchev–Trinajstić information content (AvgIpc) is 3.12. The number of anilines is 2. The number of amides is 2. The van der Waals surface area contributed by atoms with Crippen LogP contribution in [0.15, 0.2) is 48.5 Å². The molecule has 1 atom stereocenters. The van der Waals surface area contributed by atoms with Crippen LogP contribution in [-0.2, 0) is 11.2 Å². The standard InChI is InChI=1S/C23H23N3O2S/c1-14-6-10-16(11-7-14)21(27)26-23-25-20-18(4-3-5-19(20)29-23)22(28)24-17-12-8-15(2)9-13-17/h6-13,18H,3-5H2,1-2H3,(H,24,28)(H,25,26,27). The molecule has 3 aromatic rings. The zero-order chi connectivity index (χ0) is 20.4. The average molecular weight is 406 g/mol. The van der Waals surface area contributed by atoms with E-state index in [-0.39, 0.29) is 17.7 Å². The summed E-state index contributed by atoms with van der Waals surface area (Å²) in [5.41, 5.74) is 4.43. The highest BCUT2D eigenvalue weighted by atomic mass is 32.1. The predicted octanol–water partition coefficient (Wildman–Crippen LogP) is 5.07. The molecule has 0 aliphatic heterocycles. The lowest BCUT2D eigenvalue weighted by atomic mass is 9.90. The molecular weight excluding hydrogens is 382 g/mol. The summed E-state index contributed by atoms with van der Waals surface area (Å²) >= 11 is 1.47. The maximum absolute atomic E-state index is 12.9. The summed E-state index contributed by atoms with van der Waals surface area (Å²) in [6.07, 6.45) is 2.59. The molecule has 1 unspecified atom stereocenters. The number of fused-ring (bicyclic) bond motifs is 1. The summed E-state index contributed by atoms with van der Waals surface area (Å²) in [6.45, 7) is 4.00. The van der Waals surface area contributed by atoms with Gasteiger partial charge in [0.2, 0.25) is 5.91 Å². The van der Waals surface area contributed by atoms with Gasteiger partial charge in [-0.25, -0.2) is 4.98 Å². The molecule has 0 saturated heterocycles. The van der Waals surface area contributed by atoms with Gasteiger partial charge < -0.3 is 5.32 Å². The van der Waals surface area contributed by atoms with Gasteiger partial charge >= 0.3 is 0 Å². The molecule has 6 heteroatoms. The van der Waals surface area contributed by atoms with Gasteiger partial charge in [-0.3, -0.25) is 14.9 Å². The normalized spacial score (nSPS) is 15.4. The van der Waals surface area contributed by atoms with Gasteiger partial charge in [0.1, 0.15) is 0 Å². The summed E-state index contributed by atoms with van der Waals surface area (Å²) in [5, 5.41) is 6.44. The molecule has 148 valence electrons. The monoisotopic (exact) mass is 405 g/mol. The molecule has 5 nitrogen and oxygen atoms in total. The van der Waals surface area contributed by atoms with Crippen molar-refractivity contribution in [3.8, 4) is 0 Å². The molecular formula is C23H23N3O2S. The number of nitrogens with one attached hydrogen (secondary N) is 2. The van der Waals surface area contributed by atoms with E-state index in [0.29, 0.717) is 10.7 Å². The number of aryl methyl sites for hydroxylation is 3. The molecule has 0 saturated carbocycles. The van der Waals surface area contributed by atoms with Crippen molar-refractivity contribution in [2.24, 2.45) is 0 Å². The van der Waals surface area contributed by atoms with Crippen LogP contribution in [0.4, 0.5) is 10.8 Å². The minimum atomic E-state index is -0.290. The summed E-state index contributed by atoms with van der Waals surface area (Å²) in [4.78, 5) is 31.1. The van der Waals surface area contributed by atoms with E-state index in [1.165, 1.54) is 11.3 Å². The molecule has 0 fully saturated rings. The van der Waals surface area contributed by atoms with Crippen molar-refractivity contribution in [3.63, 3.8) is 0 Å². The van der Waals surface area contributed by atoms with Gasteiger partial charge in [0, 0.05) is 16.1 Å². The number of thiazole rings is 1. The molecule has 29 heavy (non-hydrogen) atoms. The molecule has 2 N–H and O–H groups in total. The largest absolute Gasteiger partial charge is 0.326 e. The summed E-state index contributed by atoms with van der Waals surface area (Å²) in [7, 11) is 0. The smallest absolute Gasteiger partial charge is 0.257 e. The van der Waals surface area contributed by atoms with Crippen LogP contribution in [0, 0.1) is 13.8 Å². The van der Waals surface area contributed by atoms with E-state index >= 15 is 0 Å². The van der Waals surface area contributed by atoms with E-state index in [1.54, 1.807) is 12.1 Å². The van der Waals surface area contributed by atoms with Gasteiger partial charge in [0.05, 0.1) is 11.6 Å². The van der Waals surface area contributed by atoms with Crippen LogP contribution in [0.1, 0.15) is 50.8 Å². The molecule has 1 heterocycles. The first-order chi connectivity index (χ1) is 14.0. The Labute approximate surface area is 174 Å². The second-order valence-corrected chi connectivity index (χ2v) is 8.53. The maximum atomic E-state index is 12.9. The summed E-state index contributed by atoms with van der Waals surface area (Å²) in [5.74, 6) is -0.519. The summed E-state index contributed by atoms with van der Waals surface area (Å²) in [6, 6.07) is 15.2. The van der Waals surface area contributed by atoms with Gasteiger partial charge in [-0.15, -0.1) is 11.3 Å². The Kier molecular flexibility index (Phi) is 5.45. The SMILES string of the molecule is Cc1ccc(NC(=O)C2CCCc3sc(NC(=O)c4ccc(C)cc4)nc32)cc1. The first-order valence-electron chi connectivity index (χ1n) is 9.75. The highest BCUT2D eigenvalue weighted by Crippen LogP contribution is 2.37. The molecule has 0 radical (unpaired) electrons. The first kappa shape index (κ1) is 19.3. The zero-order valence-corrected chi connectivity index (χ0v) is 17.3. The number of carbonyl (C=O) groups is 2. The molecule has 1 aromatic heterocycles. The van der Waals surface area contributed by atoms with Crippen molar-refractivity contribution in [1.82, 2.24) is 4.98 Å². The van der Waals surface area contributed by atoms with E-state index in [1.807, 2.05) is 50.2 Å². The fraction of sp³-hybridized carbons (Fsp3) is 0.261. The Balaban J connectivity index is 1.49. The van der Waals surface area contributed by atoms with Gasteiger partial charge in [0.25, 0.3) is 5.91 Å². The fourth-order valence-electron chi connectivity index (χ4n) is 3.47. The highest BCUT2D eigenvalue weighted by Gasteiger charge is 2.30. The summed E-state index contributed by atoms with van der Waals surface area (Å²) < 4.78 is 0. The molecule has 2 amide bonds. The van der Waals surface area contributed by atoms with Crippen LogP contribution in [-0.4, -0.2) is 16.8 Å². The van der Waals surface area contributed by atoms with E-state index in [2.05, 4.69) is 15.6 Å². The van der Waals surface area contributed by atoms with Crippen LogP contribution in [0.5, 0.6) is 0 Å². The Hall–Kier alpha value is -2.99. The zero-order valence-electron chi connectivity index (χ0n) is 16.5. The van der Waals surface area contributed by atoms with Crippen molar-refractivity contribution in [2.75, 3.05) is 10.6 Å². The predicted molar refractivity (Wildman–Crippen MR) is 117 cm³/mol. The molecule has 0 spiro atoms. The Morgan fingerprint density at radius 2 is 1.62 bits per heavy atom. The molecule has 1 aliphatic carbocycles. The van der Waals surface area contributed by atoms with Crippen molar-refractivity contribution >= 4 is 34.0 Å². The Morgan fingerprint density at radius 1 is 0.966 bits per heavy atom. The number of aromatic nitrogens is 1. The second-order valence-electron chi connectivity index (χ2n) is 7.45. The van der Waals surface area contributed by atoms with E-state index in [0.717, 1.165) is 46.6 Å². The van der Waals surface area contributed by atoms with E-state index in [4.69, 9.17) is 0 Å². The van der Waals surface area contributed by atoms with E-state index in [9.17, 15) is 9.59 Å². The second kappa shape index (κ2) is 8.17. The maximum Gasteiger partial charge on any atom is 0.257 e. The molecule has 1 aliphatic rings. The lowest BCUT2D eigenvalue weighted by Crippen LogP contribution is -2.24. The fourth-order valence-corrected chi connectivity index (χ4v) is 4.53. The number of nitrogens with zero attached hydrogens (tertiary/aromatic N) is 1. The minimum absolute atomic E-state index is 0.0449. The Bertz CT molecular complexity index is 1040. The first-order valence-corrected chi connectivity index (χ1v) is 10.6. The van der Waals surface area contributed by atoms with Crippen LogP contribution < -0.4 is 10.6 Å².